The van der Waals surface area contributed by atoms with E-state index in [4.69, 9.17) is 5.73 Å². The molecule has 6 rings (SSSR count). The van der Waals surface area contributed by atoms with Gasteiger partial charge < -0.3 is 11.1 Å². The lowest BCUT2D eigenvalue weighted by Crippen LogP contribution is -2.15. The summed E-state index contributed by atoms with van der Waals surface area (Å²) in [5, 5.41) is 7.75. The van der Waals surface area contributed by atoms with E-state index >= 15 is 0 Å². The largest absolute Gasteiger partial charge is 0.404 e. The van der Waals surface area contributed by atoms with Crippen LogP contribution in [0.15, 0.2) is 108 Å². The summed E-state index contributed by atoms with van der Waals surface area (Å²) >= 11 is 3.52. The van der Waals surface area contributed by atoms with E-state index in [1.54, 1.807) is 18.0 Å². The lowest BCUT2D eigenvalue weighted by Gasteiger charge is -2.22. The van der Waals surface area contributed by atoms with Crippen LogP contribution in [-0.4, -0.2) is 0 Å². The summed E-state index contributed by atoms with van der Waals surface area (Å²) in [6.45, 7) is 4.71. The van der Waals surface area contributed by atoms with Crippen LogP contribution < -0.4 is 11.1 Å². The number of thioether (sulfide) groups is 2. The molecule has 4 aromatic rings. The molecule has 37 heavy (non-hydrogen) atoms. The first kappa shape index (κ1) is 24.0. The predicted octanol–water partition coefficient (Wildman–Crippen LogP) is 8.80. The van der Waals surface area contributed by atoms with Gasteiger partial charge in [0.2, 0.25) is 0 Å². The quantitative estimate of drug-likeness (QED) is 0.267. The van der Waals surface area contributed by atoms with Gasteiger partial charge in [-0.25, -0.2) is 0 Å². The zero-order valence-corrected chi connectivity index (χ0v) is 22.7. The molecule has 1 aliphatic carbocycles. The Hall–Kier alpha value is -3.34. The molecule has 1 atom stereocenters. The summed E-state index contributed by atoms with van der Waals surface area (Å²) in [6, 6.07) is 31.8. The average Bonchev–Trinajstić information content (AvgIpc) is 3.55. The molecule has 1 heterocycles. The molecule has 0 saturated carbocycles. The first-order chi connectivity index (χ1) is 18.0. The highest BCUT2D eigenvalue weighted by Gasteiger charge is 2.35. The number of fused-ring (bicyclic) bond motifs is 3. The summed E-state index contributed by atoms with van der Waals surface area (Å²) in [5.74, 6) is 0.930. The van der Waals surface area contributed by atoms with E-state index in [0.29, 0.717) is 5.37 Å². The van der Waals surface area contributed by atoms with Crippen LogP contribution in [0.1, 0.15) is 41.5 Å². The first-order valence-electron chi connectivity index (χ1n) is 12.6. The van der Waals surface area contributed by atoms with Crippen molar-refractivity contribution in [2.75, 3.05) is 0 Å². The van der Waals surface area contributed by atoms with Gasteiger partial charge in [0.05, 0.1) is 0 Å². The van der Waals surface area contributed by atoms with Gasteiger partial charge in [-0.1, -0.05) is 86.6 Å². The van der Waals surface area contributed by atoms with Gasteiger partial charge in [-0.05, 0) is 78.6 Å². The molecule has 1 aliphatic heterocycles. The number of hydrogen-bond donors (Lipinski definition) is 2. The number of rotatable bonds is 6. The Labute approximate surface area is 228 Å². The van der Waals surface area contributed by atoms with Crippen LogP contribution in [0.3, 0.4) is 0 Å². The number of nitrogens with one attached hydrogen (secondary N) is 1. The molecule has 1 unspecified atom stereocenters. The van der Waals surface area contributed by atoms with Crippen LogP contribution in [0.5, 0.6) is 0 Å². The molecular formula is C33H30N2S2. The molecule has 0 radical (unpaired) electrons. The molecular weight excluding hydrogens is 489 g/mol. The second-order valence-electron chi connectivity index (χ2n) is 10.1. The van der Waals surface area contributed by atoms with Crippen molar-refractivity contribution in [3.8, 4) is 33.4 Å². The van der Waals surface area contributed by atoms with Crippen LogP contribution in [-0.2, 0) is 11.2 Å². The van der Waals surface area contributed by atoms with Gasteiger partial charge >= 0.3 is 0 Å². The van der Waals surface area contributed by atoms with E-state index in [1.807, 2.05) is 23.4 Å². The summed E-state index contributed by atoms with van der Waals surface area (Å²) < 4.78 is 0. The molecule has 3 N–H and O–H groups in total. The number of nitrogens with two attached hydrogens (primary N) is 1. The Balaban J connectivity index is 1.28. The fraction of sp³-hybridized carbons (Fsp3) is 0.152. The molecule has 0 fully saturated rings. The third-order valence-corrected chi connectivity index (χ3v) is 9.29. The third-order valence-electron chi connectivity index (χ3n) is 7.47. The molecule has 0 aromatic heterocycles. The van der Waals surface area contributed by atoms with Gasteiger partial charge in [-0.2, -0.15) is 0 Å². The van der Waals surface area contributed by atoms with Gasteiger partial charge in [0.1, 0.15) is 5.37 Å². The van der Waals surface area contributed by atoms with Crippen LogP contribution >= 0.6 is 23.5 Å². The molecule has 2 aliphatic rings. The summed E-state index contributed by atoms with van der Waals surface area (Å²) in [4.78, 5) is 0. The van der Waals surface area contributed by atoms with Gasteiger partial charge in [-0.3, -0.25) is 0 Å². The highest BCUT2D eigenvalue weighted by Crippen LogP contribution is 2.50. The zero-order valence-electron chi connectivity index (χ0n) is 21.1. The molecule has 0 amide bonds. The van der Waals surface area contributed by atoms with Crippen molar-refractivity contribution in [1.82, 2.24) is 5.32 Å². The molecule has 2 nitrogen and oxygen atoms in total. The van der Waals surface area contributed by atoms with Crippen LogP contribution in [0.25, 0.3) is 33.4 Å². The minimum absolute atomic E-state index is 0.0577. The molecule has 184 valence electrons. The molecule has 4 aromatic carbocycles. The van der Waals surface area contributed by atoms with Gasteiger partial charge in [0.25, 0.3) is 0 Å². The standard InChI is InChI=1S/C33H30N2S2/c1-33(2)30-19-26(23-5-3-22(4-6-23)21-36-17-15-34)11-13-28(30)29-14-12-27(20-31(29)33)24-7-9-25(10-8-24)32-35-16-18-37-32/h3-20,32,35H,21,34H2,1-2H3/b17-15-. The third kappa shape index (κ3) is 4.49. The summed E-state index contributed by atoms with van der Waals surface area (Å²) in [7, 11) is 0. The highest BCUT2D eigenvalue weighted by atomic mass is 32.2. The van der Waals surface area contributed by atoms with E-state index in [2.05, 4.69) is 110 Å². The fourth-order valence-electron chi connectivity index (χ4n) is 5.40. The minimum Gasteiger partial charge on any atom is -0.404 e. The maximum atomic E-state index is 5.45. The van der Waals surface area contributed by atoms with E-state index < -0.39 is 0 Å². The summed E-state index contributed by atoms with van der Waals surface area (Å²) in [5.41, 5.74) is 18.6. The first-order valence-corrected chi connectivity index (χ1v) is 14.6. The lowest BCUT2D eigenvalue weighted by atomic mass is 9.81. The maximum absolute atomic E-state index is 5.45. The van der Waals surface area contributed by atoms with Crippen molar-refractivity contribution in [3.05, 3.63) is 130 Å². The smallest absolute Gasteiger partial charge is 0.102 e. The van der Waals surface area contributed by atoms with Crippen LogP contribution in [0.2, 0.25) is 0 Å². The Morgan fingerprint density at radius 3 is 1.92 bits per heavy atom. The van der Waals surface area contributed by atoms with Crippen LogP contribution in [0.4, 0.5) is 0 Å². The predicted molar refractivity (Wildman–Crippen MR) is 162 cm³/mol. The Bertz CT molecular complexity index is 1490. The fourth-order valence-corrected chi connectivity index (χ4v) is 6.78. The van der Waals surface area contributed by atoms with Crippen LogP contribution in [0, 0.1) is 0 Å². The van der Waals surface area contributed by atoms with Crippen molar-refractivity contribution < 1.29 is 0 Å². The summed E-state index contributed by atoms with van der Waals surface area (Å²) in [6.07, 6.45) is 3.61. The Kier molecular flexibility index (Phi) is 6.39. The Morgan fingerprint density at radius 2 is 1.38 bits per heavy atom. The van der Waals surface area contributed by atoms with Crippen molar-refractivity contribution in [3.63, 3.8) is 0 Å². The maximum Gasteiger partial charge on any atom is 0.102 e. The second kappa shape index (κ2) is 9.85. The lowest BCUT2D eigenvalue weighted by molar-refractivity contribution is 0.661. The van der Waals surface area contributed by atoms with Crippen molar-refractivity contribution in [2.24, 2.45) is 5.73 Å². The number of benzene rings is 4. The van der Waals surface area contributed by atoms with Crippen molar-refractivity contribution >= 4 is 23.5 Å². The van der Waals surface area contributed by atoms with E-state index in [1.165, 1.54) is 55.6 Å². The Morgan fingerprint density at radius 1 is 0.811 bits per heavy atom. The zero-order chi connectivity index (χ0) is 25.4. The SMILES string of the molecule is CC1(C)c2cc(-c3ccc(CS/C=C\N)cc3)ccc2-c2ccc(-c3ccc(C4NC=CS4)cc3)cc21. The van der Waals surface area contributed by atoms with Gasteiger partial charge in [-0.15, -0.1) is 23.5 Å². The highest BCUT2D eigenvalue weighted by molar-refractivity contribution is 8.02. The minimum atomic E-state index is -0.0577. The topological polar surface area (TPSA) is 38.0 Å². The van der Waals surface area contributed by atoms with E-state index in [0.717, 1.165) is 5.75 Å². The van der Waals surface area contributed by atoms with Gasteiger partial charge in [0.15, 0.2) is 0 Å². The van der Waals surface area contributed by atoms with Crippen molar-refractivity contribution in [2.45, 2.75) is 30.4 Å². The average molecular weight is 519 g/mol. The molecule has 0 spiro atoms. The second-order valence-corrected chi connectivity index (χ2v) is 12.0. The molecule has 0 bridgehead atoms. The molecule has 4 heteroatoms. The normalized spacial score (nSPS) is 17.1. The molecule has 0 saturated heterocycles. The van der Waals surface area contributed by atoms with E-state index in [9.17, 15) is 0 Å². The van der Waals surface area contributed by atoms with E-state index in [-0.39, 0.29) is 5.41 Å². The number of hydrogen-bond acceptors (Lipinski definition) is 4. The van der Waals surface area contributed by atoms with Crippen molar-refractivity contribution in [1.29, 1.82) is 0 Å². The monoisotopic (exact) mass is 518 g/mol. The van der Waals surface area contributed by atoms with Gasteiger partial charge in [0, 0.05) is 23.6 Å².